The second kappa shape index (κ2) is 2.72. The van der Waals surface area contributed by atoms with Crippen molar-refractivity contribution in [2.75, 3.05) is 0 Å². The number of rotatable bonds is 0. The zero-order chi connectivity index (χ0) is 6.85. The third kappa shape index (κ3) is 1.70. The van der Waals surface area contributed by atoms with E-state index >= 15 is 0 Å². The van der Waals surface area contributed by atoms with Crippen molar-refractivity contribution in [2.24, 2.45) is 0 Å². The van der Waals surface area contributed by atoms with Gasteiger partial charge in [-0.2, -0.15) is 0 Å². The van der Waals surface area contributed by atoms with Crippen LogP contribution in [-0.4, -0.2) is 0 Å². The van der Waals surface area contributed by atoms with E-state index in [2.05, 4.69) is 22.9 Å². The van der Waals surface area contributed by atoms with E-state index in [4.69, 9.17) is 11.6 Å². The lowest BCUT2D eigenvalue weighted by molar-refractivity contribution is 1.56. The minimum atomic E-state index is 0.731. The Kier molecular flexibility index (Phi) is 2.14. The molecule has 0 fully saturated rings. The topological polar surface area (TPSA) is 0 Å². The molecular weight excluding hydrogens is 199 g/mol. The van der Waals surface area contributed by atoms with Gasteiger partial charge in [0, 0.05) is 9.50 Å². The summed E-state index contributed by atoms with van der Waals surface area (Å²) in [5.74, 6) is 0. The van der Waals surface area contributed by atoms with Crippen LogP contribution in [0.2, 0.25) is 5.02 Å². The van der Waals surface area contributed by atoms with Crippen LogP contribution in [0.5, 0.6) is 0 Å². The van der Waals surface area contributed by atoms with E-state index in [1.807, 2.05) is 18.2 Å². The number of hydrogen-bond donors (Lipinski definition) is 0. The zero-order valence-corrected chi connectivity index (χ0v) is 7.04. The maximum absolute atomic E-state index is 5.66. The molecule has 0 aromatic heterocycles. The van der Waals surface area contributed by atoms with Gasteiger partial charge < -0.3 is 0 Å². The molecule has 1 radical (unpaired) electrons. The summed E-state index contributed by atoms with van der Waals surface area (Å²) >= 11 is 8.96. The molecule has 0 saturated carbocycles. The predicted octanol–water partition coefficient (Wildman–Crippen LogP) is 3.28. The van der Waals surface area contributed by atoms with Gasteiger partial charge in [0.25, 0.3) is 0 Å². The van der Waals surface area contributed by atoms with Crippen molar-refractivity contribution in [3.05, 3.63) is 40.2 Å². The van der Waals surface area contributed by atoms with Crippen LogP contribution in [0.15, 0.2) is 22.7 Å². The van der Waals surface area contributed by atoms with Gasteiger partial charge in [-0.3, -0.25) is 0 Å². The van der Waals surface area contributed by atoms with Gasteiger partial charge in [0.05, 0.1) is 0 Å². The monoisotopic (exact) mass is 203 g/mol. The molecule has 0 spiro atoms. The second-order valence-corrected chi connectivity index (χ2v) is 3.03. The van der Waals surface area contributed by atoms with Gasteiger partial charge >= 0.3 is 0 Å². The molecule has 9 heavy (non-hydrogen) atoms. The third-order valence-electron chi connectivity index (χ3n) is 1.02. The van der Waals surface area contributed by atoms with E-state index in [0.717, 1.165) is 15.1 Å². The molecule has 1 aromatic rings. The molecule has 0 aliphatic carbocycles. The quantitative estimate of drug-likeness (QED) is 0.608. The van der Waals surface area contributed by atoms with Crippen molar-refractivity contribution in [3.8, 4) is 0 Å². The van der Waals surface area contributed by atoms with Crippen molar-refractivity contribution in [2.45, 2.75) is 0 Å². The summed E-state index contributed by atoms with van der Waals surface area (Å²) < 4.78 is 0.954. The molecule has 0 bridgehead atoms. The lowest BCUT2D eigenvalue weighted by Crippen LogP contribution is -1.72. The summed E-state index contributed by atoms with van der Waals surface area (Å²) in [5.41, 5.74) is 0.958. The van der Waals surface area contributed by atoms with Crippen molar-refractivity contribution in [1.82, 2.24) is 0 Å². The molecule has 0 heterocycles. The minimum Gasteiger partial charge on any atom is -0.0843 e. The highest BCUT2D eigenvalue weighted by Gasteiger charge is 1.92. The summed E-state index contributed by atoms with van der Waals surface area (Å²) in [7, 11) is 0. The van der Waals surface area contributed by atoms with Crippen LogP contribution in [0.25, 0.3) is 0 Å². The summed E-state index contributed by atoms with van der Waals surface area (Å²) in [6, 6.07) is 5.50. The van der Waals surface area contributed by atoms with Crippen LogP contribution in [0, 0.1) is 6.92 Å². The zero-order valence-electron chi connectivity index (χ0n) is 4.70. The minimum absolute atomic E-state index is 0.731. The summed E-state index contributed by atoms with van der Waals surface area (Å²) in [4.78, 5) is 0. The first kappa shape index (κ1) is 7.10. The fourth-order valence-electron chi connectivity index (χ4n) is 0.522. The average molecular weight is 204 g/mol. The van der Waals surface area contributed by atoms with Gasteiger partial charge in [-0.1, -0.05) is 33.6 Å². The van der Waals surface area contributed by atoms with E-state index in [9.17, 15) is 0 Å². The second-order valence-electron chi connectivity index (χ2n) is 1.74. The van der Waals surface area contributed by atoms with E-state index in [1.54, 1.807) is 0 Å². The van der Waals surface area contributed by atoms with E-state index in [-0.39, 0.29) is 0 Å². The van der Waals surface area contributed by atoms with Crippen molar-refractivity contribution >= 4 is 27.5 Å². The Labute approximate surface area is 68.0 Å². The summed E-state index contributed by atoms with van der Waals surface area (Å²) in [6.07, 6.45) is 0. The lowest BCUT2D eigenvalue weighted by Gasteiger charge is -1.95. The van der Waals surface area contributed by atoms with Crippen molar-refractivity contribution in [1.29, 1.82) is 0 Å². The Morgan fingerprint density at radius 3 is 2.56 bits per heavy atom. The smallest absolute Gasteiger partial charge is 0.0417 e. The largest absolute Gasteiger partial charge is 0.0843 e. The maximum Gasteiger partial charge on any atom is 0.0417 e. The van der Waals surface area contributed by atoms with Crippen LogP contribution in [0.1, 0.15) is 5.56 Å². The third-order valence-corrected chi connectivity index (χ3v) is 1.99. The molecule has 0 N–H and O–H groups in total. The predicted molar refractivity (Wildman–Crippen MR) is 43.6 cm³/mol. The first-order valence-electron chi connectivity index (χ1n) is 2.47. The first-order chi connectivity index (χ1) is 4.20. The standard InChI is InChI=1S/C7H5BrCl/c1-5-2-3-6(9)4-7(5)8/h2-4H,1H2. The first-order valence-corrected chi connectivity index (χ1v) is 3.64. The summed E-state index contributed by atoms with van der Waals surface area (Å²) in [6.45, 7) is 3.76. The van der Waals surface area contributed by atoms with Gasteiger partial charge in [0.1, 0.15) is 0 Å². The molecule has 0 saturated heterocycles. The highest BCUT2D eigenvalue weighted by molar-refractivity contribution is 9.10. The van der Waals surface area contributed by atoms with Gasteiger partial charge in [-0.25, -0.2) is 0 Å². The number of hydrogen-bond acceptors (Lipinski definition) is 0. The maximum atomic E-state index is 5.66. The van der Waals surface area contributed by atoms with Crippen LogP contribution in [0.3, 0.4) is 0 Å². The number of benzene rings is 1. The van der Waals surface area contributed by atoms with Crippen molar-refractivity contribution < 1.29 is 0 Å². The van der Waals surface area contributed by atoms with E-state index in [0.29, 0.717) is 0 Å². The Bertz CT molecular complexity index is 220. The highest BCUT2D eigenvalue weighted by atomic mass is 79.9. The van der Waals surface area contributed by atoms with Crippen LogP contribution < -0.4 is 0 Å². The highest BCUT2D eigenvalue weighted by Crippen LogP contribution is 2.19. The molecule has 1 rings (SSSR count). The lowest BCUT2D eigenvalue weighted by atomic mass is 10.2. The van der Waals surface area contributed by atoms with Crippen LogP contribution >= 0.6 is 27.5 Å². The van der Waals surface area contributed by atoms with Crippen LogP contribution in [0.4, 0.5) is 0 Å². The van der Waals surface area contributed by atoms with E-state index < -0.39 is 0 Å². The van der Waals surface area contributed by atoms with Gasteiger partial charge in [-0.15, -0.1) is 0 Å². The molecule has 0 aliphatic heterocycles. The fraction of sp³-hybridized carbons (Fsp3) is 0. The van der Waals surface area contributed by atoms with Crippen molar-refractivity contribution in [3.63, 3.8) is 0 Å². The molecule has 2 heteroatoms. The SMILES string of the molecule is [CH2]c1ccc(Cl)cc1Br. The molecule has 0 unspecified atom stereocenters. The molecule has 0 amide bonds. The van der Waals surface area contributed by atoms with Gasteiger partial charge in [-0.05, 0) is 24.6 Å². The Morgan fingerprint density at radius 1 is 1.44 bits per heavy atom. The fourth-order valence-corrected chi connectivity index (χ4v) is 1.20. The summed E-state index contributed by atoms with van der Waals surface area (Å²) in [5, 5.41) is 0.731. The van der Waals surface area contributed by atoms with Crippen LogP contribution in [-0.2, 0) is 0 Å². The Hall–Kier alpha value is -0.0100. The Morgan fingerprint density at radius 2 is 2.11 bits per heavy atom. The van der Waals surface area contributed by atoms with E-state index in [1.165, 1.54) is 0 Å². The molecule has 47 valence electrons. The molecule has 0 aliphatic rings. The van der Waals surface area contributed by atoms with Gasteiger partial charge in [0.15, 0.2) is 0 Å². The molecular formula is C7H5BrCl. The molecule has 0 nitrogen and oxygen atoms in total. The van der Waals surface area contributed by atoms with Gasteiger partial charge in [0.2, 0.25) is 0 Å². The molecule has 0 atom stereocenters. The average Bonchev–Trinajstić information content (AvgIpc) is 1.80. The molecule has 1 aromatic carbocycles. The number of halogens is 2. The normalized spacial score (nSPS) is 9.67. The Balaban J connectivity index is 3.17.